The highest BCUT2D eigenvalue weighted by atomic mass is 14.3. The molecule has 0 aliphatic heterocycles. The quantitative estimate of drug-likeness (QED) is 0.116. The number of benzene rings is 13. The Kier molecular flexibility index (Phi) is 8.96. The summed E-state index contributed by atoms with van der Waals surface area (Å²) in [4.78, 5) is 0. The fraction of sp³-hybridized carbons (Fsp3) is 0. The van der Waals surface area contributed by atoms with E-state index >= 15 is 0 Å². The van der Waals surface area contributed by atoms with Gasteiger partial charge in [-0.3, -0.25) is 0 Å². The van der Waals surface area contributed by atoms with Crippen LogP contribution < -0.4 is 0 Å². The Morgan fingerprint density at radius 2 is 0.485 bits per heavy atom. The standard InChI is InChI=1S/C66H42/c1-5-21-43(22-6-1)60-51-29-13-15-31-53(51)62(54-32-16-14-30-52(54)60)48-39-40-50-47(41-48)37-38-49-42-59(63(45-25-9-3-10-26-45)65(64(49)50)46-27-11-4-12-28-46)66-57-35-19-17-33-55(57)61(44-23-7-2-8-24-44)56-34-18-20-36-58(56)66/h1-42H. The molecule has 13 aromatic rings. The summed E-state index contributed by atoms with van der Waals surface area (Å²) in [6.45, 7) is 0. The summed E-state index contributed by atoms with van der Waals surface area (Å²) in [5.41, 5.74) is 14.9. The molecule has 0 bridgehead atoms. The molecule has 0 aliphatic rings. The highest BCUT2D eigenvalue weighted by Gasteiger charge is 2.25. The largest absolute Gasteiger partial charge is 0.0622 e. The number of rotatable bonds is 6. The molecule has 306 valence electrons. The molecule has 0 amide bonds. The second-order valence-electron chi connectivity index (χ2n) is 17.4. The van der Waals surface area contributed by atoms with Gasteiger partial charge in [0, 0.05) is 0 Å². The average molecular weight is 835 g/mol. The van der Waals surface area contributed by atoms with Gasteiger partial charge in [0.2, 0.25) is 0 Å². The first-order valence-electron chi connectivity index (χ1n) is 22.9. The summed E-state index contributed by atoms with van der Waals surface area (Å²) >= 11 is 0. The molecule has 0 aromatic heterocycles. The van der Waals surface area contributed by atoms with E-state index in [0.29, 0.717) is 0 Å². The van der Waals surface area contributed by atoms with Crippen LogP contribution in [0.25, 0.3) is 131 Å². The summed E-state index contributed by atoms with van der Waals surface area (Å²) in [7, 11) is 0. The molecule has 0 heterocycles. The van der Waals surface area contributed by atoms with Crippen molar-refractivity contribution in [2.24, 2.45) is 0 Å². The van der Waals surface area contributed by atoms with E-state index in [-0.39, 0.29) is 0 Å². The van der Waals surface area contributed by atoms with Gasteiger partial charge in [-0.2, -0.15) is 0 Å². The summed E-state index contributed by atoms with van der Waals surface area (Å²) < 4.78 is 0. The lowest BCUT2D eigenvalue weighted by Gasteiger charge is -2.24. The SMILES string of the molecule is c1ccc(-c2c(-c3c4ccccc4c(-c4ccccc4)c4ccccc34)cc3ccc4cc(-c5c6ccccc6c(-c6ccccc6)c6ccccc56)ccc4c3c2-c2ccccc2)cc1. The van der Waals surface area contributed by atoms with Crippen molar-refractivity contribution in [3.05, 3.63) is 255 Å². The Balaban J connectivity index is 1.14. The van der Waals surface area contributed by atoms with Crippen molar-refractivity contribution in [2.45, 2.75) is 0 Å². The molecule has 0 N–H and O–H groups in total. The summed E-state index contributed by atoms with van der Waals surface area (Å²) in [5, 5.41) is 15.0. The van der Waals surface area contributed by atoms with Gasteiger partial charge in [-0.25, -0.2) is 0 Å². The third-order valence-electron chi connectivity index (χ3n) is 13.8. The van der Waals surface area contributed by atoms with Crippen LogP contribution in [0.4, 0.5) is 0 Å². The first kappa shape index (κ1) is 37.9. The van der Waals surface area contributed by atoms with Crippen molar-refractivity contribution in [1.82, 2.24) is 0 Å². The van der Waals surface area contributed by atoms with E-state index in [0.717, 1.165) is 0 Å². The van der Waals surface area contributed by atoms with Crippen LogP contribution in [0, 0.1) is 0 Å². The fourth-order valence-electron chi connectivity index (χ4n) is 11.1. The van der Waals surface area contributed by atoms with Crippen LogP contribution in [0.2, 0.25) is 0 Å². The number of fused-ring (bicyclic) bond motifs is 7. The smallest absolute Gasteiger partial charge is 0.00143 e. The van der Waals surface area contributed by atoms with Gasteiger partial charge < -0.3 is 0 Å². The van der Waals surface area contributed by atoms with Gasteiger partial charge in [0.25, 0.3) is 0 Å². The number of hydrogen-bond donors (Lipinski definition) is 0. The van der Waals surface area contributed by atoms with E-state index in [1.165, 1.54) is 131 Å². The van der Waals surface area contributed by atoms with E-state index in [2.05, 4.69) is 255 Å². The molecule has 0 saturated heterocycles. The van der Waals surface area contributed by atoms with Crippen LogP contribution in [0.15, 0.2) is 255 Å². The van der Waals surface area contributed by atoms with Crippen LogP contribution >= 0.6 is 0 Å². The maximum Gasteiger partial charge on any atom is -0.00143 e. The normalized spacial score (nSPS) is 11.6. The minimum Gasteiger partial charge on any atom is -0.0622 e. The van der Waals surface area contributed by atoms with Crippen LogP contribution in [0.1, 0.15) is 0 Å². The van der Waals surface area contributed by atoms with E-state index in [4.69, 9.17) is 0 Å². The zero-order chi connectivity index (χ0) is 43.6. The number of hydrogen-bond acceptors (Lipinski definition) is 0. The lowest BCUT2D eigenvalue weighted by atomic mass is 9.79. The molecule has 0 radical (unpaired) electrons. The zero-order valence-electron chi connectivity index (χ0n) is 36.2. The van der Waals surface area contributed by atoms with E-state index in [1.807, 2.05) is 0 Å². The third-order valence-corrected chi connectivity index (χ3v) is 13.8. The third kappa shape index (κ3) is 6.00. The van der Waals surface area contributed by atoms with E-state index in [1.54, 1.807) is 0 Å². The maximum atomic E-state index is 2.48. The molecule has 13 aromatic carbocycles. The van der Waals surface area contributed by atoms with E-state index in [9.17, 15) is 0 Å². The first-order valence-corrected chi connectivity index (χ1v) is 22.9. The molecule has 0 saturated carbocycles. The zero-order valence-corrected chi connectivity index (χ0v) is 36.2. The first-order chi connectivity index (χ1) is 32.8. The molecular weight excluding hydrogens is 793 g/mol. The molecule has 0 atom stereocenters. The Morgan fingerprint density at radius 3 is 0.894 bits per heavy atom. The summed E-state index contributed by atoms with van der Waals surface area (Å²) in [5.74, 6) is 0. The van der Waals surface area contributed by atoms with Gasteiger partial charge in [-0.05, 0) is 144 Å². The second kappa shape index (κ2) is 15.6. The summed E-state index contributed by atoms with van der Waals surface area (Å²) in [6, 6.07) is 94.2. The van der Waals surface area contributed by atoms with Crippen molar-refractivity contribution in [3.63, 3.8) is 0 Å². The van der Waals surface area contributed by atoms with Gasteiger partial charge in [0.1, 0.15) is 0 Å². The van der Waals surface area contributed by atoms with Crippen molar-refractivity contribution in [1.29, 1.82) is 0 Å². The second-order valence-corrected chi connectivity index (χ2v) is 17.4. The van der Waals surface area contributed by atoms with Crippen molar-refractivity contribution >= 4 is 64.6 Å². The molecule has 66 heavy (non-hydrogen) atoms. The predicted octanol–water partition coefficient (Wildman–Crippen LogP) is 18.6. The molecular formula is C66H42. The molecule has 0 nitrogen and oxygen atoms in total. The molecule has 0 heteroatoms. The Morgan fingerprint density at radius 1 is 0.167 bits per heavy atom. The van der Waals surface area contributed by atoms with Gasteiger partial charge in [-0.15, -0.1) is 0 Å². The van der Waals surface area contributed by atoms with Gasteiger partial charge in [0.05, 0.1) is 0 Å². The van der Waals surface area contributed by atoms with Crippen molar-refractivity contribution in [2.75, 3.05) is 0 Å². The lowest BCUT2D eigenvalue weighted by molar-refractivity contribution is 1.60. The van der Waals surface area contributed by atoms with Crippen LogP contribution in [-0.4, -0.2) is 0 Å². The molecule has 0 fully saturated rings. The molecule has 0 unspecified atom stereocenters. The van der Waals surface area contributed by atoms with Crippen molar-refractivity contribution in [3.8, 4) is 66.8 Å². The average Bonchev–Trinajstić information content (AvgIpc) is 3.39. The van der Waals surface area contributed by atoms with Gasteiger partial charge in [0.15, 0.2) is 0 Å². The fourth-order valence-corrected chi connectivity index (χ4v) is 11.1. The molecule has 13 rings (SSSR count). The Bertz CT molecular complexity index is 3890. The van der Waals surface area contributed by atoms with Gasteiger partial charge >= 0.3 is 0 Å². The Labute approximate surface area is 384 Å². The summed E-state index contributed by atoms with van der Waals surface area (Å²) in [6.07, 6.45) is 0. The van der Waals surface area contributed by atoms with Crippen molar-refractivity contribution < 1.29 is 0 Å². The lowest BCUT2D eigenvalue weighted by Crippen LogP contribution is -1.97. The Hall–Kier alpha value is -8.58. The molecule has 0 spiro atoms. The topological polar surface area (TPSA) is 0 Å². The maximum absolute atomic E-state index is 2.48. The predicted molar refractivity (Wildman–Crippen MR) is 284 cm³/mol. The monoisotopic (exact) mass is 834 g/mol. The van der Waals surface area contributed by atoms with Gasteiger partial charge in [-0.1, -0.05) is 243 Å². The molecule has 0 aliphatic carbocycles. The highest BCUT2D eigenvalue weighted by molar-refractivity contribution is 6.27. The minimum absolute atomic E-state index is 1.19. The minimum atomic E-state index is 1.19. The highest BCUT2D eigenvalue weighted by Crippen LogP contribution is 2.52. The van der Waals surface area contributed by atoms with Crippen LogP contribution in [0.5, 0.6) is 0 Å². The van der Waals surface area contributed by atoms with E-state index < -0.39 is 0 Å². The van der Waals surface area contributed by atoms with Crippen LogP contribution in [0.3, 0.4) is 0 Å². The van der Waals surface area contributed by atoms with Crippen LogP contribution in [-0.2, 0) is 0 Å².